The average molecular weight is 324 g/mol. The highest BCUT2D eigenvalue weighted by atomic mass is 16.5. The Kier molecular flexibility index (Phi) is 4.51. The van der Waals surface area contributed by atoms with Gasteiger partial charge in [0.2, 0.25) is 23.5 Å². The highest BCUT2D eigenvalue weighted by Gasteiger charge is 2.16. The van der Waals surface area contributed by atoms with Gasteiger partial charge < -0.3 is 14.6 Å². The lowest BCUT2D eigenvalue weighted by Gasteiger charge is -2.06. The van der Waals surface area contributed by atoms with Crippen LogP contribution in [0.25, 0.3) is 11.4 Å². The number of nitrogens with one attached hydrogen (secondary N) is 1. The molecule has 3 aromatic rings. The van der Waals surface area contributed by atoms with Gasteiger partial charge in [0.1, 0.15) is 11.8 Å². The fraction of sp³-hybridized carbons (Fsp3) is 0.176. The second-order valence-corrected chi connectivity index (χ2v) is 5.18. The lowest BCUT2D eigenvalue weighted by molar-refractivity contribution is -0.119. The molecule has 1 atom stereocenters. The molecule has 0 bridgehead atoms. The molecular weight excluding hydrogens is 308 g/mol. The van der Waals surface area contributed by atoms with Crippen molar-refractivity contribution in [2.75, 3.05) is 0 Å². The number of carbonyl (C=O) groups is 1. The highest BCUT2D eigenvalue weighted by Crippen LogP contribution is 2.24. The summed E-state index contributed by atoms with van der Waals surface area (Å²) in [7, 11) is 0. The SMILES string of the molecule is CC(=O)NC(C)c1nc(-c2ccnc(Oc3ccccc3)c2)no1. The Morgan fingerprint density at radius 1 is 1.25 bits per heavy atom. The van der Waals surface area contributed by atoms with Crippen molar-refractivity contribution in [2.24, 2.45) is 0 Å². The smallest absolute Gasteiger partial charge is 0.249 e. The van der Waals surface area contributed by atoms with Crippen LogP contribution >= 0.6 is 0 Å². The molecule has 24 heavy (non-hydrogen) atoms. The van der Waals surface area contributed by atoms with Crippen molar-refractivity contribution in [1.29, 1.82) is 0 Å². The maximum atomic E-state index is 11.1. The number of benzene rings is 1. The predicted octanol–water partition coefficient (Wildman–Crippen LogP) is 3.12. The number of rotatable bonds is 5. The van der Waals surface area contributed by atoms with E-state index in [1.165, 1.54) is 6.92 Å². The molecule has 2 aromatic heterocycles. The predicted molar refractivity (Wildman–Crippen MR) is 86.3 cm³/mol. The van der Waals surface area contributed by atoms with Crippen molar-refractivity contribution in [2.45, 2.75) is 19.9 Å². The first kappa shape index (κ1) is 15.7. The van der Waals surface area contributed by atoms with Crippen LogP contribution in [0.4, 0.5) is 0 Å². The van der Waals surface area contributed by atoms with E-state index in [9.17, 15) is 4.79 Å². The number of aromatic nitrogens is 3. The Morgan fingerprint density at radius 3 is 2.79 bits per heavy atom. The van der Waals surface area contributed by atoms with E-state index in [4.69, 9.17) is 9.26 Å². The van der Waals surface area contributed by atoms with Crippen LogP contribution in [0, 0.1) is 0 Å². The van der Waals surface area contributed by atoms with Gasteiger partial charge in [-0.15, -0.1) is 0 Å². The maximum Gasteiger partial charge on any atom is 0.249 e. The highest BCUT2D eigenvalue weighted by molar-refractivity contribution is 5.73. The minimum Gasteiger partial charge on any atom is -0.439 e. The third-order valence-corrected chi connectivity index (χ3v) is 3.19. The lowest BCUT2D eigenvalue weighted by Crippen LogP contribution is -2.23. The van der Waals surface area contributed by atoms with Crippen molar-refractivity contribution in [3.63, 3.8) is 0 Å². The zero-order valence-electron chi connectivity index (χ0n) is 13.3. The Labute approximate surface area is 138 Å². The molecular formula is C17H16N4O3. The lowest BCUT2D eigenvalue weighted by atomic mass is 10.2. The van der Waals surface area contributed by atoms with E-state index in [1.54, 1.807) is 25.3 Å². The molecule has 2 heterocycles. The van der Waals surface area contributed by atoms with Crippen LogP contribution in [0.1, 0.15) is 25.8 Å². The van der Waals surface area contributed by atoms with Crippen LogP contribution < -0.4 is 10.1 Å². The van der Waals surface area contributed by atoms with Gasteiger partial charge in [0.15, 0.2) is 0 Å². The number of ether oxygens (including phenoxy) is 1. The van der Waals surface area contributed by atoms with Gasteiger partial charge in [-0.05, 0) is 25.1 Å². The van der Waals surface area contributed by atoms with Crippen LogP contribution in [0.2, 0.25) is 0 Å². The molecule has 1 amide bonds. The Hall–Kier alpha value is -3.22. The molecule has 0 aliphatic rings. The molecule has 1 N–H and O–H groups in total. The van der Waals surface area contributed by atoms with Crippen molar-refractivity contribution in [3.05, 3.63) is 54.6 Å². The van der Waals surface area contributed by atoms with Gasteiger partial charge in [0.25, 0.3) is 0 Å². The van der Waals surface area contributed by atoms with E-state index >= 15 is 0 Å². The number of para-hydroxylation sites is 1. The van der Waals surface area contributed by atoms with Gasteiger partial charge in [-0.1, -0.05) is 23.4 Å². The fourth-order valence-corrected chi connectivity index (χ4v) is 2.11. The molecule has 7 heteroatoms. The van der Waals surface area contributed by atoms with Gasteiger partial charge in [-0.25, -0.2) is 4.98 Å². The summed E-state index contributed by atoms with van der Waals surface area (Å²) in [6, 6.07) is 12.5. The summed E-state index contributed by atoms with van der Waals surface area (Å²) in [5.41, 5.74) is 0.709. The Balaban J connectivity index is 1.79. The summed E-state index contributed by atoms with van der Waals surface area (Å²) in [5.74, 6) is 1.70. The second kappa shape index (κ2) is 6.91. The second-order valence-electron chi connectivity index (χ2n) is 5.18. The number of hydrogen-bond donors (Lipinski definition) is 1. The molecule has 3 rings (SSSR count). The minimum atomic E-state index is -0.356. The molecule has 0 saturated carbocycles. The van der Waals surface area contributed by atoms with Crippen LogP contribution in [0.3, 0.4) is 0 Å². The molecule has 7 nitrogen and oxygen atoms in total. The van der Waals surface area contributed by atoms with Gasteiger partial charge in [-0.2, -0.15) is 4.98 Å². The van der Waals surface area contributed by atoms with Crippen LogP contribution in [0.5, 0.6) is 11.6 Å². The largest absolute Gasteiger partial charge is 0.439 e. The number of pyridine rings is 1. The normalized spacial score (nSPS) is 11.8. The molecule has 0 radical (unpaired) electrons. The van der Waals surface area contributed by atoms with Crippen molar-refractivity contribution < 1.29 is 14.1 Å². The van der Waals surface area contributed by atoms with Crippen LogP contribution in [-0.4, -0.2) is 21.0 Å². The Morgan fingerprint density at radius 2 is 2.04 bits per heavy atom. The van der Waals surface area contributed by atoms with E-state index < -0.39 is 0 Å². The maximum absolute atomic E-state index is 11.1. The third kappa shape index (κ3) is 3.75. The summed E-state index contributed by atoms with van der Waals surface area (Å²) >= 11 is 0. The number of amides is 1. The van der Waals surface area contributed by atoms with Crippen LogP contribution in [0.15, 0.2) is 53.2 Å². The molecule has 1 aromatic carbocycles. The summed E-state index contributed by atoms with van der Waals surface area (Å²) in [5, 5.41) is 6.64. The molecule has 122 valence electrons. The third-order valence-electron chi connectivity index (χ3n) is 3.19. The standard InChI is InChI=1S/C17H16N4O3/c1-11(19-12(2)22)17-20-16(21-24-17)13-8-9-18-15(10-13)23-14-6-4-3-5-7-14/h3-11H,1-2H3,(H,19,22). The van der Waals surface area contributed by atoms with Gasteiger partial charge in [0, 0.05) is 24.8 Å². The molecule has 0 aliphatic heterocycles. The number of carbonyl (C=O) groups excluding carboxylic acids is 1. The first-order valence-electron chi connectivity index (χ1n) is 7.42. The van der Waals surface area contributed by atoms with E-state index in [2.05, 4.69) is 20.4 Å². The number of nitrogens with zero attached hydrogens (tertiary/aromatic N) is 3. The van der Waals surface area contributed by atoms with E-state index in [-0.39, 0.29) is 11.9 Å². The first-order valence-corrected chi connectivity index (χ1v) is 7.42. The zero-order valence-corrected chi connectivity index (χ0v) is 13.3. The molecule has 0 spiro atoms. The van der Waals surface area contributed by atoms with E-state index in [0.717, 1.165) is 0 Å². The summed E-state index contributed by atoms with van der Waals surface area (Å²) < 4.78 is 10.9. The Bertz CT molecular complexity index is 833. The summed E-state index contributed by atoms with van der Waals surface area (Å²) in [6.07, 6.45) is 1.61. The molecule has 0 aliphatic carbocycles. The van der Waals surface area contributed by atoms with Gasteiger partial charge in [-0.3, -0.25) is 4.79 Å². The number of hydrogen-bond acceptors (Lipinski definition) is 6. The van der Waals surface area contributed by atoms with Gasteiger partial charge >= 0.3 is 0 Å². The summed E-state index contributed by atoms with van der Waals surface area (Å²) in [4.78, 5) is 19.6. The molecule has 0 fully saturated rings. The average Bonchev–Trinajstić information content (AvgIpc) is 3.06. The van der Waals surface area contributed by atoms with E-state index in [1.807, 2.05) is 30.3 Å². The van der Waals surface area contributed by atoms with Crippen molar-refractivity contribution >= 4 is 5.91 Å². The van der Waals surface area contributed by atoms with Crippen molar-refractivity contribution in [1.82, 2.24) is 20.4 Å². The first-order chi connectivity index (χ1) is 11.6. The van der Waals surface area contributed by atoms with Gasteiger partial charge in [0.05, 0.1) is 0 Å². The fourth-order valence-electron chi connectivity index (χ4n) is 2.11. The quantitative estimate of drug-likeness (QED) is 0.775. The molecule has 1 unspecified atom stereocenters. The van der Waals surface area contributed by atoms with Crippen LogP contribution in [-0.2, 0) is 4.79 Å². The monoisotopic (exact) mass is 324 g/mol. The van der Waals surface area contributed by atoms with E-state index in [0.29, 0.717) is 28.9 Å². The minimum absolute atomic E-state index is 0.162. The molecule has 0 saturated heterocycles. The topological polar surface area (TPSA) is 90.1 Å². The van der Waals surface area contributed by atoms with Crippen molar-refractivity contribution in [3.8, 4) is 23.0 Å². The summed E-state index contributed by atoms with van der Waals surface area (Å²) in [6.45, 7) is 3.21. The zero-order chi connectivity index (χ0) is 16.9.